The second-order valence-corrected chi connectivity index (χ2v) is 6.21. The number of rotatable bonds is 7. The van der Waals surface area contributed by atoms with Crippen molar-refractivity contribution in [2.24, 2.45) is 0 Å². The molecule has 5 nitrogen and oxygen atoms in total. The van der Waals surface area contributed by atoms with E-state index in [-0.39, 0.29) is 31.4 Å². The Morgan fingerprint density at radius 1 is 1.42 bits per heavy atom. The van der Waals surface area contributed by atoms with Crippen LogP contribution >= 0.6 is 24.2 Å². The third kappa shape index (κ3) is 7.03. The number of thioether (sulfide) groups is 1. The summed E-state index contributed by atoms with van der Waals surface area (Å²) in [5, 5.41) is 11.6. The lowest BCUT2D eigenvalue weighted by molar-refractivity contribution is -0.138. The van der Waals surface area contributed by atoms with Gasteiger partial charge in [0.1, 0.15) is 6.54 Å². The van der Waals surface area contributed by atoms with E-state index in [2.05, 4.69) is 12.2 Å². The Morgan fingerprint density at radius 2 is 2.11 bits per heavy atom. The maximum Gasteiger partial charge on any atom is 0.322 e. The lowest BCUT2D eigenvalue weighted by Gasteiger charge is -2.23. The minimum Gasteiger partial charge on any atom is -0.480 e. The molecule has 0 radical (unpaired) electrons. The Balaban J connectivity index is 0.00000324. The summed E-state index contributed by atoms with van der Waals surface area (Å²) in [4.78, 5) is 23.9. The number of halogens is 1. The fourth-order valence-electron chi connectivity index (χ4n) is 2.29. The summed E-state index contributed by atoms with van der Waals surface area (Å²) in [5.41, 5.74) is 0. The maximum atomic E-state index is 11.5. The number of hydrogen-bond acceptors (Lipinski definition) is 4. The van der Waals surface area contributed by atoms with Crippen molar-refractivity contribution in [3.05, 3.63) is 0 Å². The van der Waals surface area contributed by atoms with Gasteiger partial charge in [0.25, 0.3) is 0 Å². The molecule has 0 aromatic carbocycles. The minimum absolute atomic E-state index is 0. The molecule has 0 saturated heterocycles. The molecule has 1 aliphatic rings. The van der Waals surface area contributed by atoms with E-state index < -0.39 is 5.97 Å². The number of carboxylic acids is 1. The molecular formula is C12H23ClN2O3S. The van der Waals surface area contributed by atoms with Crippen LogP contribution in [-0.2, 0) is 9.59 Å². The van der Waals surface area contributed by atoms with Gasteiger partial charge in [-0.2, -0.15) is 11.8 Å². The van der Waals surface area contributed by atoms with Crippen molar-refractivity contribution in [3.63, 3.8) is 0 Å². The SMILES string of the molecule is CCSC1CCC(N(C)CC(=O)NCC(=O)O)C1.Cl. The fraction of sp³-hybridized carbons (Fsp3) is 0.833. The van der Waals surface area contributed by atoms with Gasteiger partial charge in [-0.1, -0.05) is 6.92 Å². The molecule has 0 aliphatic heterocycles. The van der Waals surface area contributed by atoms with Gasteiger partial charge in [0.2, 0.25) is 5.91 Å². The van der Waals surface area contributed by atoms with Crippen molar-refractivity contribution >= 4 is 36.0 Å². The number of hydrogen-bond donors (Lipinski definition) is 2. The van der Waals surface area contributed by atoms with Gasteiger partial charge in [-0.3, -0.25) is 14.5 Å². The molecule has 0 aromatic heterocycles. The highest BCUT2D eigenvalue weighted by molar-refractivity contribution is 7.99. The third-order valence-electron chi connectivity index (χ3n) is 3.21. The monoisotopic (exact) mass is 310 g/mol. The Hall–Kier alpha value is -0.460. The van der Waals surface area contributed by atoms with E-state index in [1.807, 2.05) is 23.7 Å². The first kappa shape index (κ1) is 18.5. The molecule has 2 N–H and O–H groups in total. The Kier molecular flexibility index (Phi) is 9.22. The molecule has 0 aromatic rings. The lowest BCUT2D eigenvalue weighted by atomic mass is 10.2. The molecule has 0 spiro atoms. The Morgan fingerprint density at radius 3 is 2.68 bits per heavy atom. The summed E-state index contributed by atoms with van der Waals surface area (Å²) in [5.74, 6) is -0.0852. The largest absolute Gasteiger partial charge is 0.480 e. The van der Waals surface area contributed by atoms with Crippen molar-refractivity contribution in [3.8, 4) is 0 Å². The van der Waals surface area contributed by atoms with Crippen molar-refractivity contribution in [2.45, 2.75) is 37.5 Å². The molecular weight excluding hydrogens is 288 g/mol. The first-order chi connectivity index (χ1) is 8.52. The summed E-state index contributed by atoms with van der Waals surface area (Å²) >= 11 is 1.99. The number of nitrogens with zero attached hydrogens (tertiary/aromatic N) is 1. The molecule has 0 bridgehead atoms. The average Bonchev–Trinajstić information content (AvgIpc) is 2.75. The van der Waals surface area contributed by atoms with E-state index in [0.29, 0.717) is 11.3 Å². The highest BCUT2D eigenvalue weighted by Gasteiger charge is 2.28. The van der Waals surface area contributed by atoms with E-state index in [0.717, 1.165) is 18.6 Å². The highest BCUT2D eigenvalue weighted by Crippen LogP contribution is 2.31. The topological polar surface area (TPSA) is 69.6 Å². The molecule has 1 fully saturated rings. The molecule has 2 atom stereocenters. The average molecular weight is 311 g/mol. The Bertz CT molecular complexity index is 305. The standard InChI is InChI=1S/C12H22N2O3S.ClH/c1-3-18-10-5-4-9(6-10)14(2)8-11(15)13-7-12(16)17;/h9-10H,3-8H2,1-2H3,(H,13,15)(H,16,17);1H. The lowest BCUT2D eigenvalue weighted by Crippen LogP contribution is -2.41. The minimum atomic E-state index is -1.01. The van der Waals surface area contributed by atoms with Crippen molar-refractivity contribution in [1.29, 1.82) is 0 Å². The molecule has 0 heterocycles. The van der Waals surface area contributed by atoms with Gasteiger partial charge in [-0.05, 0) is 32.1 Å². The molecule has 1 rings (SSSR count). The fourth-order valence-corrected chi connectivity index (χ4v) is 3.42. The number of carbonyl (C=O) groups excluding carboxylic acids is 1. The zero-order chi connectivity index (χ0) is 13.5. The summed E-state index contributed by atoms with van der Waals surface area (Å²) in [6.45, 7) is 2.15. The van der Waals surface area contributed by atoms with Crippen LogP contribution in [0.3, 0.4) is 0 Å². The number of nitrogens with one attached hydrogen (secondary N) is 1. The Labute approximate surface area is 124 Å². The van der Waals surface area contributed by atoms with Crippen molar-refractivity contribution < 1.29 is 14.7 Å². The van der Waals surface area contributed by atoms with Crippen molar-refractivity contribution in [2.75, 3.05) is 25.9 Å². The number of likely N-dealkylation sites (N-methyl/N-ethyl adjacent to an activating group) is 1. The van der Waals surface area contributed by atoms with E-state index in [4.69, 9.17) is 5.11 Å². The van der Waals surface area contributed by atoms with Crippen LogP contribution in [0.25, 0.3) is 0 Å². The molecule has 1 amide bonds. The van der Waals surface area contributed by atoms with Gasteiger partial charge >= 0.3 is 5.97 Å². The second kappa shape index (κ2) is 9.44. The van der Waals surface area contributed by atoms with Crippen LogP contribution in [0, 0.1) is 0 Å². The predicted molar refractivity (Wildman–Crippen MR) is 80.1 cm³/mol. The van der Waals surface area contributed by atoms with E-state index in [9.17, 15) is 9.59 Å². The molecule has 112 valence electrons. The number of carboxylic acid groups (broad SMARTS) is 1. The van der Waals surface area contributed by atoms with E-state index >= 15 is 0 Å². The normalized spacial score (nSPS) is 22.1. The molecule has 1 saturated carbocycles. The van der Waals surface area contributed by atoms with Gasteiger partial charge in [0, 0.05) is 11.3 Å². The zero-order valence-electron chi connectivity index (χ0n) is 11.4. The summed E-state index contributed by atoms with van der Waals surface area (Å²) in [6.07, 6.45) is 3.46. The van der Waals surface area contributed by atoms with Gasteiger partial charge in [-0.25, -0.2) is 0 Å². The second-order valence-electron chi connectivity index (χ2n) is 4.63. The highest BCUT2D eigenvalue weighted by atomic mass is 35.5. The smallest absolute Gasteiger partial charge is 0.322 e. The van der Waals surface area contributed by atoms with Gasteiger partial charge in [-0.15, -0.1) is 12.4 Å². The van der Waals surface area contributed by atoms with E-state index in [1.54, 1.807) is 0 Å². The van der Waals surface area contributed by atoms with E-state index in [1.165, 1.54) is 6.42 Å². The van der Waals surface area contributed by atoms with Gasteiger partial charge in [0.05, 0.1) is 6.54 Å². The number of carbonyl (C=O) groups is 2. The van der Waals surface area contributed by atoms with Crippen LogP contribution in [-0.4, -0.2) is 59.1 Å². The molecule has 1 aliphatic carbocycles. The summed E-state index contributed by atoms with van der Waals surface area (Å²) < 4.78 is 0. The van der Waals surface area contributed by atoms with Crippen LogP contribution in [0.15, 0.2) is 0 Å². The number of aliphatic carboxylic acids is 1. The summed E-state index contributed by atoms with van der Waals surface area (Å²) in [6, 6.07) is 0.449. The van der Waals surface area contributed by atoms with Gasteiger partial charge < -0.3 is 10.4 Å². The first-order valence-corrected chi connectivity index (χ1v) is 7.38. The van der Waals surface area contributed by atoms with Crippen LogP contribution in [0.1, 0.15) is 26.2 Å². The number of amides is 1. The van der Waals surface area contributed by atoms with Crippen LogP contribution < -0.4 is 5.32 Å². The van der Waals surface area contributed by atoms with Crippen LogP contribution in [0.5, 0.6) is 0 Å². The molecule has 7 heteroatoms. The molecule has 2 unspecified atom stereocenters. The first-order valence-electron chi connectivity index (χ1n) is 6.33. The quantitative estimate of drug-likeness (QED) is 0.740. The van der Waals surface area contributed by atoms with Crippen LogP contribution in [0.2, 0.25) is 0 Å². The van der Waals surface area contributed by atoms with Crippen molar-refractivity contribution in [1.82, 2.24) is 10.2 Å². The predicted octanol–water partition coefficient (Wildman–Crippen LogP) is 1.22. The zero-order valence-corrected chi connectivity index (χ0v) is 13.1. The maximum absolute atomic E-state index is 11.5. The van der Waals surface area contributed by atoms with Crippen LogP contribution in [0.4, 0.5) is 0 Å². The third-order valence-corrected chi connectivity index (χ3v) is 4.45. The van der Waals surface area contributed by atoms with Gasteiger partial charge in [0.15, 0.2) is 0 Å². The molecule has 19 heavy (non-hydrogen) atoms. The summed E-state index contributed by atoms with van der Waals surface area (Å²) in [7, 11) is 1.93.